The first-order valence-corrected chi connectivity index (χ1v) is 6.09. The highest BCUT2D eigenvalue weighted by Crippen LogP contribution is 2.06. The standard InChI is InChI=1S/C9H22N.C3H7O/c1-5-9-10(6-2,7-3)8-4;1-2-3-4/h5-9H2,1-4H3;2-3H2,1H3/q+1;-1. The highest BCUT2D eigenvalue weighted by Gasteiger charge is 2.17. The van der Waals surface area contributed by atoms with Crippen LogP contribution in [0.25, 0.3) is 0 Å². The van der Waals surface area contributed by atoms with Crippen LogP contribution in [0.4, 0.5) is 0 Å². The van der Waals surface area contributed by atoms with Crippen LogP contribution in [0, 0.1) is 0 Å². The van der Waals surface area contributed by atoms with Crippen LogP contribution in [0.3, 0.4) is 0 Å². The first-order valence-electron chi connectivity index (χ1n) is 6.09. The monoisotopic (exact) mass is 203 g/mol. The third-order valence-corrected chi connectivity index (χ3v) is 2.91. The second-order valence-corrected chi connectivity index (χ2v) is 3.72. The van der Waals surface area contributed by atoms with Gasteiger partial charge in [0.15, 0.2) is 0 Å². The molecule has 0 saturated heterocycles. The van der Waals surface area contributed by atoms with Crippen LogP contribution in [0.15, 0.2) is 0 Å². The minimum absolute atomic E-state index is 0.0694. The van der Waals surface area contributed by atoms with Crippen molar-refractivity contribution in [1.82, 2.24) is 0 Å². The molecule has 88 valence electrons. The maximum atomic E-state index is 9.30. The maximum absolute atomic E-state index is 9.30. The SMILES string of the molecule is CCC[N+](CC)(CC)CC.CCC[O-]. The number of hydrogen-bond donors (Lipinski definition) is 0. The van der Waals surface area contributed by atoms with Gasteiger partial charge in [-0.15, -0.1) is 6.61 Å². The van der Waals surface area contributed by atoms with Gasteiger partial charge in [-0.25, -0.2) is 0 Å². The molecule has 0 aliphatic rings. The molecule has 0 bridgehead atoms. The highest BCUT2D eigenvalue weighted by atomic mass is 16.2. The Morgan fingerprint density at radius 1 is 0.786 bits per heavy atom. The van der Waals surface area contributed by atoms with Gasteiger partial charge < -0.3 is 9.59 Å². The molecule has 0 saturated carbocycles. The van der Waals surface area contributed by atoms with Crippen molar-refractivity contribution in [2.75, 3.05) is 32.8 Å². The summed E-state index contributed by atoms with van der Waals surface area (Å²) in [5.41, 5.74) is 0. The van der Waals surface area contributed by atoms with Gasteiger partial charge in [-0.1, -0.05) is 20.3 Å². The van der Waals surface area contributed by atoms with E-state index in [4.69, 9.17) is 0 Å². The number of quaternary nitrogens is 1. The first-order chi connectivity index (χ1) is 6.66. The van der Waals surface area contributed by atoms with Crippen molar-refractivity contribution in [2.45, 2.75) is 47.5 Å². The lowest BCUT2D eigenvalue weighted by Gasteiger charge is -2.35. The molecule has 0 N–H and O–H groups in total. The summed E-state index contributed by atoms with van der Waals surface area (Å²) in [5, 5.41) is 9.30. The molecule has 2 heteroatoms. The molecule has 0 spiro atoms. The zero-order valence-corrected chi connectivity index (χ0v) is 10.8. The lowest BCUT2D eigenvalue weighted by molar-refractivity contribution is -0.923. The van der Waals surface area contributed by atoms with Gasteiger partial charge in [-0.05, 0) is 27.2 Å². The van der Waals surface area contributed by atoms with Crippen molar-refractivity contribution in [2.24, 2.45) is 0 Å². The molecule has 0 aliphatic carbocycles. The molecule has 0 atom stereocenters. The van der Waals surface area contributed by atoms with Crippen LogP contribution in [-0.4, -0.2) is 37.3 Å². The molecular formula is C12H29NO. The molecule has 0 radical (unpaired) electrons. The van der Waals surface area contributed by atoms with Crippen LogP contribution in [-0.2, 0) is 0 Å². The normalized spacial score (nSPS) is 10.7. The Labute approximate surface area is 90.5 Å². The van der Waals surface area contributed by atoms with E-state index in [0.717, 1.165) is 6.42 Å². The molecule has 0 unspecified atom stereocenters. The van der Waals surface area contributed by atoms with E-state index in [1.165, 1.54) is 37.1 Å². The van der Waals surface area contributed by atoms with Crippen LogP contribution < -0.4 is 5.11 Å². The average Bonchev–Trinajstić information content (AvgIpc) is 2.26. The summed E-state index contributed by atoms with van der Waals surface area (Å²) >= 11 is 0. The van der Waals surface area contributed by atoms with Gasteiger partial charge in [-0.3, -0.25) is 0 Å². The molecule has 0 aromatic carbocycles. The Morgan fingerprint density at radius 3 is 1.21 bits per heavy atom. The predicted octanol–water partition coefficient (Wildman–Crippen LogP) is 2.03. The fourth-order valence-electron chi connectivity index (χ4n) is 1.62. The maximum Gasteiger partial charge on any atom is 0.0783 e. The molecule has 0 aromatic rings. The molecule has 2 nitrogen and oxygen atoms in total. The molecule has 0 aliphatic heterocycles. The van der Waals surface area contributed by atoms with Gasteiger partial charge in [0, 0.05) is 0 Å². The van der Waals surface area contributed by atoms with Crippen molar-refractivity contribution < 1.29 is 9.59 Å². The van der Waals surface area contributed by atoms with Crippen molar-refractivity contribution in [3.8, 4) is 0 Å². The fraction of sp³-hybridized carbons (Fsp3) is 1.00. The zero-order valence-electron chi connectivity index (χ0n) is 10.8. The zero-order chi connectivity index (χ0) is 11.4. The van der Waals surface area contributed by atoms with Gasteiger partial charge in [0.25, 0.3) is 0 Å². The lowest BCUT2D eigenvalue weighted by Crippen LogP contribution is -2.47. The van der Waals surface area contributed by atoms with E-state index in [1.54, 1.807) is 0 Å². The molecule has 0 amide bonds. The third-order valence-electron chi connectivity index (χ3n) is 2.91. The molecule has 0 aromatic heterocycles. The fourth-order valence-corrected chi connectivity index (χ4v) is 1.62. The van der Waals surface area contributed by atoms with Gasteiger partial charge >= 0.3 is 0 Å². The van der Waals surface area contributed by atoms with Crippen LogP contribution >= 0.6 is 0 Å². The Kier molecular flexibility index (Phi) is 12.8. The van der Waals surface area contributed by atoms with Crippen molar-refractivity contribution in [1.29, 1.82) is 0 Å². The molecule has 0 fully saturated rings. The van der Waals surface area contributed by atoms with Gasteiger partial charge in [-0.2, -0.15) is 0 Å². The predicted molar refractivity (Wildman–Crippen MR) is 62.2 cm³/mol. The van der Waals surface area contributed by atoms with E-state index in [1.807, 2.05) is 6.92 Å². The summed E-state index contributed by atoms with van der Waals surface area (Å²) in [6, 6.07) is 0. The topological polar surface area (TPSA) is 23.1 Å². The summed E-state index contributed by atoms with van der Waals surface area (Å²) in [4.78, 5) is 0. The Morgan fingerprint density at radius 2 is 1.14 bits per heavy atom. The van der Waals surface area contributed by atoms with Crippen LogP contribution in [0.5, 0.6) is 0 Å². The quantitative estimate of drug-likeness (QED) is 0.606. The van der Waals surface area contributed by atoms with Gasteiger partial charge in [0.2, 0.25) is 0 Å². The molecule has 0 rings (SSSR count). The number of rotatable bonds is 6. The minimum atomic E-state index is 0.0694. The minimum Gasteiger partial charge on any atom is -0.854 e. The summed E-state index contributed by atoms with van der Waals surface area (Å²) in [6.07, 6.45) is 2.08. The van der Waals surface area contributed by atoms with E-state index in [9.17, 15) is 5.11 Å². The second-order valence-electron chi connectivity index (χ2n) is 3.72. The number of nitrogens with zero attached hydrogens (tertiary/aromatic N) is 1. The van der Waals surface area contributed by atoms with Crippen LogP contribution in [0.2, 0.25) is 0 Å². The van der Waals surface area contributed by atoms with E-state index in [0.29, 0.717) is 0 Å². The third kappa shape index (κ3) is 7.34. The van der Waals surface area contributed by atoms with Crippen molar-refractivity contribution in [3.63, 3.8) is 0 Å². The first kappa shape index (κ1) is 16.4. The summed E-state index contributed by atoms with van der Waals surface area (Å²) in [5.74, 6) is 0. The Bertz CT molecular complexity index is 90.2. The number of hydrogen-bond acceptors (Lipinski definition) is 1. The molecular weight excluding hydrogens is 174 g/mol. The summed E-state index contributed by atoms with van der Waals surface area (Å²) in [6.45, 7) is 16.3. The van der Waals surface area contributed by atoms with Crippen molar-refractivity contribution >= 4 is 0 Å². The van der Waals surface area contributed by atoms with E-state index in [-0.39, 0.29) is 6.61 Å². The van der Waals surface area contributed by atoms with Gasteiger partial charge in [0.05, 0.1) is 26.2 Å². The lowest BCUT2D eigenvalue weighted by atomic mass is 10.3. The second kappa shape index (κ2) is 11.0. The Balaban J connectivity index is 0. The summed E-state index contributed by atoms with van der Waals surface area (Å²) in [7, 11) is 0. The average molecular weight is 203 g/mol. The van der Waals surface area contributed by atoms with Crippen LogP contribution in [0.1, 0.15) is 47.5 Å². The smallest absolute Gasteiger partial charge is 0.0783 e. The Hall–Kier alpha value is -0.0800. The van der Waals surface area contributed by atoms with E-state index >= 15 is 0 Å². The molecule has 0 heterocycles. The highest BCUT2D eigenvalue weighted by molar-refractivity contribution is 4.35. The summed E-state index contributed by atoms with van der Waals surface area (Å²) < 4.78 is 1.30. The van der Waals surface area contributed by atoms with Gasteiger partial charge in [0.1, 0.15) is 0 Å². The van der Waals surface area contributed by atoms with E-state index in [2.05, 4.69) is 27.7 Å². The van der Waals surface area contributed by atoms with Crippen molar-refractivity contribution in [3.05, 3.63) is 0 Å². The van der Waals surface area contributed by atoms with E-state index < -0.39 is 0 Å². The largest absolute Gasteiger partial charge is 0.854 e. The molecule has 14 heavy (non-hydrogen) atoms.